The van der Waals surface area contributed by atoms with E-state index in [0.717, 1.165) is 24.3 Å². The zero-order valence-corrected chi connectivity index (χ0v) is 11.3. The van der Waals surface area contributed by atoms with E-state index in [9.17, 15) is 0 Å². The monoisotopic (exact) mass is 272 g/mol. The number of aromatic nitrogens is 2. The lowest BCUT2D eigenvalue weighted by Crippen LogP contribution is -1.94. The Kier molecular flexibility index (Phi) is 4.77. The van der Waals surface area contributed by atoms with Crippen LogP contribution in [0.5, 0.6) is 5.75 Å². The highest BCUT2D eigenvalue weighted by Gasteiger charge is 1.93. The zero-order valence-electron chi connectivity index (χ0n) is 10.6. The van der Waals surface area contributed by atoms with E-state index in [-0.39, 0.29) is 0 Å². The summed E-state index contributed by atoms with van der Waals surface area (Å²) < 4.78 is 5.50. The van der Waals surface area contributed by atoms with Crippen LogP contribution in [0.2, 0.25) is 5.15 Å². The van der Waals surface area contributed by atoms with Crippen LogP contribution in [0.3, 0.4) is 0 Å². The predicted molar refractivity (Wildman–Crippen MR) is 75.3 cm³/mol. The normalized spacial score (nSPS) is 9.58. The van der Waals surface area contributed by atoms with Crippen molar-refractivity contribution in [3.8, 4) is 17.6 Å². The summed E-state index contributed by atoms with van der Waals surface area (Å²) in [5.74, 6) is 6.80. The standard InChI is InChI=1S/C15H13ClN2O/c1-2-11-19-14-8-4-12(5-9-14)3-6-13-7-10-15(16)18-17-13/h4-5,7-10H,2,11H2,1H3. The van der Waals surface area contributed by atoms with Crippen LogP contribution in [0.25, 0.3) is 0 Å². The number of halogens is 1. The van der Waals surface area contributed by atoms with Crippen molar-refractivity contribution in [2.24, 2.45) is 0 Å². The van der Waals surface area contributed by atoms with Gasteiger partial charge in [0.2, 0.25) is 0 Å². The summed E-state index contributed by atoms with van der Waals surface area (Å²) in [6.45, 7) is 2.80. The van der Waals surface area contributed by atoms with E-state index in [1.807, 2.05) is 24.3 Å². The van der Waals surface area contributed by atoms with Crippen molar-refractivity contribution in [1.82, 2.24) is 10.2 Å². The fourth-order valence-corrected chi connectivity index (χ4v) is 1.47. The van der Waals surface area contributed by atoms with Crippen molar-refractivity contribution in [1.29, 1.82) is 0 Å². The van der Waals surface area contributed by atoms with Gasteiger partial charge in [-0.1, -0.05) is 24.4 Å². The maximum absolute atomic E-state index is 5.65. The predicted octanol–water partition coefficient (Wildman–Crippen LogP) is 3.32. The van der Waals surface area contributed by atoms with Crippen molar-refractivity contribution in [3.63, 3.8) is 0 Å². The highest BCUT2D eigenvalue weighted by molar-refractivity contribution is 6.29. The number of benzene rings is 1. The Hall–Kier alpha value is -2.05. The van der Waals surface area contributed by atoms with Gasteiger partial charge in [-0.05, 0) is 48.7 Å². The van der Waals surface area contributed by atoms with Crippen molar-refractivity contribution in [3.05, 3.63) is 52.8 Å². The molecule has 1 heterocycles. The fraction of sp³-hybridized carbons (Fsp3) is 0.200. The quantitative estimate of drug-likeness (QED) is 0.804. The molecule has 4 heteroatoms. The molecule has 0 saturated carbocycles. The first-order valence-corrected chi connectivity index (χ1v) is 6.40. The van der Waals surface area contributed by atoms with Crippen LogP contribution >= 0.6 is 11.6 Å². The minimum Gasteiger partial charge on any atom is -0.494 e. The van der Waals surface area contributed by atoms with Gasteiger partial charge in [-0.2, -0.15) is 0 Å². The largest absolute Gasteiger partial charge is 0.494 e. The van der Waals surface area contributed by atoms with E-state index >= 15 is 0 Å². The SMILES string of the molecule is CCCOc1ccc(C#Cc2ccc(Cl)nn2)cc1. The maximum atomic E-state index is 5.65. The molecule has 0 bridgehead atoms. The Morgan fingerprint density at radius 3 is 2.47 bits per heavy atom. The van der Waals surface area contributed by atoms with Crippen LogP contribution in [0.4, 0.5) is 0 Å². The van der Waals surface area contributed by atoms with Crippen LogP contribution in [0.15, 0.2) is 36.4 Å². The number of hydrogen-bond donors (Lipinski definition) is 0. The Morgan fingerprint density at radius 1 is 1.05 bits per heavy atom. The van der Waals surface area contributed by atoms with Crippen LogP contribution in [-0.2, 0) is 0 Å². The maximum Gasteiger partial charge on any atom is 0.151 e. The molecule has 0 N–H and O–H groups in total. The lowest BCUT2D eigenvalue weighted by molar-refractivity contribution is 0.317. The molecule has 0 unspecified atom stereocenters. The molecule has 0 radical (unpaired) electrons. The summed E-state index contributed by atoms with van der Waals surface area (Å²) in [6.07, 6.45) is 0.997. The van der Waals surface area contributed by atoms with Gasteiger partial charge in [0.05, 0.1) is 6.61 Å². The van der Waals surface area contributed by atoms with E-state index in [1.165, 1.54) is 0 Å². The van der Waals surface area contributed by atoms with Gasteiger partial charge in [0.15, 0.2) is 5.15 Å². The first kappa shape index (κ1) is 13.4. The van der Waals surface area contributed by atoms with Gasteiger partial charge in [-0.25, -0.2) is 0 Å². The third kappa shape index (κ3) is 4.27. The molecule has 0 spiro atoms. The fourth-order valence-electron chi connectivity index (χ4n) is 1.37. The Morgan fingerprint density at radius 2 is 1.84 bits per heavy atom. The molecule has 0 amide bonds. The van der Waals surface area contributed by atoms with Crippen molar-refractivity contribution < 1.29 is 4.74 Å². The van der Waals surface area contributed by atoms with E-state index in [4.69, 9.17) is 16.3 Å². The number of hydrogen-bond acceptors (Lipinski definition) is 3. The first-order valence-electron chi connectivity index (χ1n) is 6.02. The van der Waals surface area contributed by atoms with Gasteiger partial charge in [0, 0.05) is 5.56 Å². The molecule has 96 valence electrons. The number of ether oxygens (including phenoxy) is 1. The van der Waals surface area contributed by atoms with Gasteiger partial charge >= 0.3 is 0 Å². The highest BCUT2D eigenvalue weighted by Crippen LogP contribution is 2.11. The average Bonchev–Trinajstić information content (AvgIpc) is 2.46. The summed E-state index contributed by atoms with van der Waals surface area (Å²) in [4.78, 5) is 0. The molecule has 0 aliphatic carbocycles. The molecular formula is C15H13ClN2O. The molecular weight excluding hydrogens is 260 g/mol. The Labute approximate surface area is 117 Å². The Bertz CT molecular complexity index is 582. The second kappa shape index (κ2) is 6.77. The molecule has 0 saturated heterocycles. The minimum absolute atomic E-state index is 0.364. The van der Waals surface area contributed by atoms with Gasteiger partial charge in [0.25, 0.3) is 0 Å². The molecule has 2 aromatic rings. The van der Waals surface area contributed by atoms with Crippen molar-refractivity contribution >= 4 is 11.6 Å². The molecule has 0 atom stereocenters. The zero-order chi connectivity index (χ0) is 13.5. The van der Waals surface area contributed by atoms with Crippen molar-refractivity contribution in [2.75, 3.05) is 6.61 Å². The van der Waals surface area contributed by atoms with E-state index in [1.54, 1.807) is 12.1 Å². The second-order valence-corrected chi connectivity index (χ2v) is 4.25. The summed E-state index contributed by atoms with van der Waals surface area (Å²) in [6, 6.07) is 11.1. The molecule has 1 aromatic carbocycles. The molecule has 19 heavy (non-hydrogen) atoms. The summed E-state index contributed by atoms with van der Waals surface area (Å²) in [5.41, 5.74) is 1.50. The summed E-state index contributed by atoms with van der Waals surface area (Å²) in [7, 11) is 0. The van der Waals surface area contributed by atoms with Crippen LogP contribution in [-0.4, -0.2) is 16.8 Å². The minimum atomic E-state index is 0.364. The molecule has 0 aliphatic heterocycles. The van der Waals surface area contributed by atoms with Gasteiger partial charge in [-0.3, -0.25) is 0 Å². The molecule has 2 rings (SSSR count). The summed E-state index contributed by atoms with van der Waals surface area (Å²) >= 11 is 5.65. The third-order valence-electron chi connectivity index (χ3n) is 2.29. The smallest absolute Gasteiger partial charge is 0.151 e. The van der Waals surface area contributed by atoms with Crippen LogP contribution in [0.1, 0.15) is 24.6 Å². The lowest BCUT2D eigenvalue weighted by atomic mass is 10.2. The van der Waals surface area contributed by atoms with Gasteiger partial charge in [0.1, 0.15) is 11.4 Å². The summed E-state index contributed by atoms with van der Waals surface area (Å²) in [5, 5.41) is 7.97. The molecule has 0 aliphatic rings. The Balaban J connectivity index is 2.05. The van der Waals surface area contributed by atoms with Gasteiger partial charge in [-0.15, -0.1) is 10.2 Å². The molecule has 3 nitrogen and oxygen atoms in total. The third-order valence-corrected chi connectivity index (χ3v) is 2.50. The molecule has 1 aromatic heterocycles. The van der Waals surface area contributed by atoms with Gasteiger partial charge < -0.3 is 4.74 Å². The second-order valence-electron chi connectivity index (χ2n) is 3.86. The van der Waals surface area contributed by atoms with E-state index in [2.05, 4.69) is 29.0 Å². The van der Waals surface area contributed by atoms with E-state index in [0.29, 0.717) is 10.8 Å². The van der Waals surface area contributed by atoms with Crippen LogP contribution in [0, 0.1) is 11.8 Å². The lowest BCUT2D eigenvalue weighted by Gasteiger charge is -2.03. The average molecular weight is 273 g/mol. The van der Waals surface area contributed by atoms with Crippen molar-refractivity contribution in [2.45, 2.75) is 13.3 Å². The number of rotatable bonds is 3. The first-order chi connectivity index (χ1) is 9.28. The topological polar surface area (TPSA) is 35.0 Å². The van der Waals surface area contributed by atoms with E-state index < -0.39 is 0 Å². The number of nitrogens with zero attached hydrogens (tertiary/aromatic N) is 2. The molecule has 0 fully saturated rings. The van der Waals surface area contributed by atoms with Crippen LogP contribution < -0.4 is 4.74 Å². The highest BCUT2D eigenvalue weighted by atomic mass is 35.5.